The van der Waals surface area contributed by atoms with Crippen LogP contribution in [0.15, 0.2) is 60.0 Å². The summed E-state index contributed by atoms with van der Waals surface area (Å²) >= 11 is 1.66. The van der Waals surface area contributed by atoms with Crippen LogP contribution >= 0.6 is 11.3 Å². The summed E-state index contributed by atoms with van der Waals surface area (Å²) in [6, 6.07) is 16.8. The molecule has 1 heterocycles. The third kappa shape index (κ3) is 3.09. The Hall–Kier alpha value is -2.26. The normalized spacial score (nSPS) is 10.7. The van der Waals surface area contributed by atoms with Crippen LogP contribution in [0.4, 0.5) is 0 Å². The molecule has 0 aliphatic heterocycles. The van der Waals surface area contributed by atoms with Crippen LogP contribution in [0.1, 0.15) is 33.6 Å². The van der Waals surface area contributed by atoms with Gasteiger partial charge in [0, 0.05) is 28.7 Å². The van der Waals surface area contributed by atoms with Gasteiger partial charge in [-0.2, -0.15) is 0 Å². The molecule has 0 aliphatic carbocycles. The molecule has 3 heteroatoms. The van der Waals surface area contributed by atoms with Gasteiger partial charge in [0.05, 0.1) is 0 Å². The van der Waals surface area contributed by atoms with Crippen LogP contribution in [0.25, 0.3) is 10.1 Å². The molecule has 0 fully saturated rings. The Morgan fingerprint density at radius 2 is 1.52 bits per heavy atom. The number of ketones is 2. The molecule has 0 unspecified atom stereocenters. The first-order chi connectivity index (χ1) is 10.2. The summed E-state index contributed by atoms with van der Waals surface area (Å²) in [5.74, 6) is 0.0351. The van der Waals surface area contributed by atoms with Crippen molar-refractivity contribution in [3.8, 4) is 0 Å². The van der Waals surface area contributed by atoms with Gasteiger partial charge in [0.25, 0.3) is 0 Å². The van der Waals surface area contributed by atoms with Crippen LogP contribution in [0.5, 0.6) is 0 Å². The number of benzene rings is 2. The molecule has 0 saturated carbocycles. The smallest absolute Gasteiger partial charge is 0.163 e. The van der Waals surface area contributed by atoms with Gasteiger partial charge in [0.1, 0.15) is 0 Å². The number of rotatable bonds is 5. The molecular formula is C18H14O2S. The zero-order chi connectivity index (χ0) is 14.7. The summed E-state index contributed by atoms with van der Waals surface area (Å²) in [6.07, 6.45) is 0.508. The summed E-state index contributed by atoms with van der Waals surface area (Å²) in [7, 11) is 0. The molecule has 104 valence electrons. The Morgan fingerprint density at radius 3 is 2.29 bits per heavy atom. The Bertz CT molecular complexity index is 787. The summed E-state index contributed by atoms with van der Waals surface area (Å²) in [6.45, 7) is 0. The number of fused-ring (bicyclic) bond motifs is 1. The molecule has 0 saturated heterocycles. The topological polar surface area (TPSA) is 34.1 Å². The van der Waals surface area contributed by atoms with Gasteiger partial charge in [-0.15, -0.1) is 11.3 Å². The molecule has 0 spiro atoms. The quantitative estimate of drug-likeness (QED) is 0.636. The summed E-state index contributed by atoms with van der Waals surface area (Å²) in [4.78, 5) is 24.2. The second-order valence-corrected chi connectivity index (χ2v) is 5.83. The first-order valence-electron chi connectivity index (χ1n) is 6.83. The van der Waals surface area contributed by atoms with E-state index in [1.807, 2.05) is 47.8 Å². The number of carbonyl (C=O) groups excluding carboxylic acids is 2. The number of thiophene rings is 1. The maximum Gasteiger partial charge on any atom is 0.163 e. The van der Waals surface area contributed by atoms with E-state index in [1.165, 1.54) is 4.70 Å². The SMILES string of the molecule is O=C(CCC(=O)c1ccc2sccc2c1)c1ccccc1. The average Bonchev–Trinajstić information content (AvgIpc) is 3.00. The van der Waals surface area contributed by atoms with Gasteiger partial charge < -0.3 is 0 Å². The van der Waals surface area contributed by atoms with Gasteiger partial charge >= 0.3 is 0 Å². The predicted molar refractivity (Wildman–Crippen MR) is 86.2 cm³/mol. The molecule has 21 heavy (non-hydrogen) atoms. The highest BCUT2D eigenvalue weighted by Crippen LogP contribution is 2.22. The number of hydrogen-bond acceptors (Lipinski definition) is 3. The molecule has 0 amide bonds. The second kappa shape index (κ2) is 6.02. The van der Waals surface area contributed by atoms with Crippen LogP contribution in [-0.2, 0) is 0 Å². The molecule has 0 aliphatic rings. The van der Waals surface area contributed by atoms with E-state index in [-0.39, 0.29) is 24.4 Å². The number of hydrogen-bond donors (Lipinski definition) is 0. The summed E-state index contributed by atoms with van der Waals surface area (Å²) < 4.78 is 1.17. The standard InChI is InChI=1S/C18H14O2S/c19-16(13-4-2-1-3-5-13)7-8-17(20)14-6-9-18-15(12-14)10-11-21-18/h1-6,9-12H,7-8H2. The van der Waals surface area contributed by atoms with Gasteiger partial charge in [0.2, 0.25) is 0 Å². The molecule has 0 bridgehead atoms. The van der Waals surface area contributed by atoms with Crippen molar-refractivity contribution in [3.63, 3.8) is 0 Å². The molecule has 2 aromatic carbocycles. The van der Waals surface area contributed by atoms with Gasteiger partial charge in [-0.05, 0) is 35.0 Å². The first kappa shape index (κ1) is 13.7. The number of Topliss-reactive ketones (excluding diaryl/α,β-unsaturated/α-hetero) is 2. The van der Waals surface area contributed by atoms with Crippen LogP contribution in [0.2, 0.25) is 0 Å². The fourth-order valence-corrected chi connectivity index (χ4v) is 3.05. The lowest BCUT2D eigenvalue weighted by Crippen LogP contribution is -2.05. The number of carbonyl (C=O) groups is 2. The lowest BCUT2D eigenvalue weighted by molar-refractivity contribution is 0.0917. The van der Waals surface area contributed by atoms with Crippen molar-refractivity contribution in [1.82, 2.24) is 0 Å². The van der Waals surface area contributed by atoms with E-state index >= 15 is 0 Å². The van der Waals surface area contributed by atoms with Crippen LogP contribution in [0.3, 0.4) is 0 Å². The maximum atomic E-state index is 12.2. The molecule has 3 rings (SSSR count). The summed E-state index contributed by atoms with van der Waals surface area (Å²) in [5.41, 5.74) is 1.35. The zero-order valence-electron chi connectivity index (χ0n) is 11.4. The van der Waals surface area contributed by atoms with E-state index in [4.69, 9.17) is 0 Å². The fraction of sp³-hybridized carbons (Fsp3) is 0.111. The highest BCUT2D eigenvalue weighted by Gasteiger charge is 2.11. The van der Waals surface area contributed by atoms with Crippen molar-refractivity contribution in [1.29, 1.82) is 0 Å². The third-order valence-corrected chi connectivity index (χ3v) is 4.35. The molecule has 0 N–H and O–H groups in total. The van der Waals surface area contributed by atoms with Gasteiger partial charge in [-0.25, -0.2) is 0 Å². The van der Waals surface area contributed by atoms with E-state index in [9.17, 15) is 9.59 Å². The Kier molecular flexibility index (Phi) is 3.93. The van der Waals surface area contributed by atoms with Gasteiger partial charge in [-0.3, -0.25) is 9.59 Å². The largest absolute Gasteiger partial charge is 0.294 e. The fourth-order valence-electron chi connectivity index (χ4n) is 2.28. The van der Waals surface area contributed by atoms with Crippen molar-refractivity contribution in [3.05, 3.63) is 71.1 Å². The third-order valence-electron chi connectivity index (χ3n) is 3.45. The molecule has 1 aromatic heterocycles. The second-order valence-electron chi connectivity index (χ2n) is 4.89. The van der Waals surface area contributed by atoms with E-state index in [2.05, 4.69) is 0 Å². The van der Waals surface area contributed by atoms with Crippen molar-refractivity contribution < 1.29 is 9.59 Å². The average molecular weight is 294 g/mol. The van der Waals surface area contributed by atoms with Crippen LogP contribution < -0.4 is 0 Å². The minimum Gasteiger partial charge on any atom is -0.294 e. The van der Waals surface area contributed by atoms with E-state index in [0.717, 1.165) is 5.39 Å². The Morgan fingerprint density at radius 1 is 0.810 bits per heavy atom. The van der Waals surface area contributed by atoms with E-state index in [1.54, 1.807) is 23.5 Å². The van der Waals surface area contributed by atoms with Crippen molar-refractivity contribution in [2.75, 3.05) is 0 Å². The van der Waals surface area contributed by atoms with Crippen molar-refractivity contribution >= 4 is 33.0 Å². The minimum atomic E-state index is 0.0144. The molecule has 0 radical (unpaired) electrons. The van der Waals surface area contributed by atoms with Gasteiger partial charge in [0.15, 0.2) is 11.6 Å². The predicted octanol–water partition coefficient (Wildman–Crippen LogP) is 4.75. The lowest BCUT2D eigenvalue weighted by atomic mass is 10.0. The lowest BCUT2D eigenvalue weighted by Gasteiger charge is -2.02. The molecule has 2 nitrogen and oxygen atoms in total. The highest BCUT2D eigenvalue weighted by molar-refractivity contribution is 7.17. The van der Waals surface area contributed by atoms with Crippen molar-refractivity contribution in [2.45, 2.75) is 12.8 Å². The monoisotopic (exact) mass is 294 g/mol. The van der Waals surface area contributed by atoms with Gasteiger partial charge in [-0.1, -0.05) is 30.3 Å². The van der Waals surface area contributed by atoms with E-state index in [0.29, 0.717) is 11.1 Å². The Labute approximate surface area is 127 Å². The zero-order valence-corrected chi connectivity index (χ0v) is 12.2. The van der Waals surface area contributed by atoms with E-state index < -0.39 is 0 Å². The Balaban J connectivity index is 1.67. The molecule has 0 atom stereocenters. The van der Waals surface area contributed by atoms with Crippen LogP contribution in [0, 0.1) is 0 Å². The minimum absolute atomic E-state index is 0.0144. The molecule has 3 aromatic rings. The highest BCUT2D eigenvalue weighted by atomic mass is 32.1. The maximum absolute atomic E-state index is 12.2. The van der Waals surface area contributed by atoms with Crippen LogP contribution in [-0.4, -0.2) is 11.6 Å². The first-order valence-corrected chi connectivity index (χ1v) is 7.71. The van der Waals surface area contributed by atoms with Crippen molar-refractivity contribution in [2.24, 2.45) is 0 Å². The summed E-state index contributed by atoms with van der Waals surface area (Å²) in [5, 5.41) is 3.10. The molecular weight excluding hydrogens is 280 g/mol.